The second-order valence-electron chi connectivity index (χ2n) is 5.91. The lowest BCUT2D eigenvalue weighted by molar-refractivity contribution is 0.230. The van der Waals surface area contributed by atoms with Gasteiger partial charge in [0.25, 0.3) is 0 Å². The highest BCUT2D eigenvalue weighted by Gasteiger charge is 2.29. The summed E-state index contributed by atoms with van der Waals surface area (Å²) >= 11 is 0. The van der Waals surface area contributed by atoms with Crippen LogP contribution in [0, 0.1) is 11.3 Å². The Balaban J connectivity index is 1.65. The largest absolute Gasteiger partial charge is 0.302 e. The fraction of sp³-hybridized carbons (Fsp3) is 0.933. The molecule has 1 N–H and O–H groups in total. The molecule has 2 saturated heterocycles. The number of nitrogens with zero attached hydrogens (tertiary/aromatic N) is 3. The second kappa shape index (κ2) is 7.84. The topological polar surface area (TPSA) is 42.3 Å². The maximum Gasteiger partial charge on any atom is 0.0965 e. The molecule has 0 spiro atoms. The first kappa shape index (κ1) is 14.8. The van der Waals surface area contributed by atoms with Gasteiger partial charge in [-0.15, -0.1) is 0 Å². The summed E-state index contributed by atoms with van der Waals surface area (Å²) in [5.41, 5.74) is 0. The van der Waals surface area contributed by atoms with E-state index in [1.807, 2.05) is 0 Å². The van der Waals surface area contributed by atoms with E-state index in [2.05, 4.69) is 28.1 Å². The van der Waals surface area contributed by atoms with Gasteiger partial charge in [0.2, 0.25) is 0 Å². The molecule has 0 radical (unpaired) electrons. The van der Waals surface area contributed by atoms with Gasteiger partial charge in [-0.1, -0.05) is 6.92 Å². The van der Waals surface area contributed by atoms with Gasteiger partial charge in [0.15, 0.2) is 0 Å². The molecule has 2 heterocycles. The van der Waals surface area contributed by atoms with Crippen LogP contribution in [0.15, 0.2) is 0 Å². The summed E-state index contributed by atoms with van der Waals surface area (Å²) in [7, 11) is 0. The number of rotatable bonds is 7. The van der Waals surface area contributed by atoms with Crippen LogP contribution >= 0.6 is 0 Å². The zero-order chi connectivity index (χ0) is 13.5. The lowest BCUT2D eigenvalue weighted by Crippen LogP contribution is -2.37. The zero-order valence-electron chi connectivity index (χ0n) is 12.3. The zero-order valence-corrected chi connectivity index (χ0v) is 12.3. The van der Waals surface area contributed by atoms with Crippen LogP contribution in [0.5, 0.6) is 0 Å². The van der Waals surface area contributed by atoms with Gasteiger partial charge in [0.05, 0.1) is 12.1 Å². The number of nitrogens with one attached hydrogen (secondary N) is 1. The Hall–Kier alpha value is -0.630. The predicted molar refractivity (Wildman–Crippen MR) is 78.0 cm³/mol. The second-order valence-corrected chi connectivity index (χ2v) is 5.91. The highest BCUT2D eigenvalue weighted by Crippen LogP contribution is 2.20. The molecule has 4 nitrogen and oxygen atoms in total. The van der Waals surface area contributed by atoms with Crippen molar-refractivity contribution in [3.05, 3.63) is 0 Å². The fourth-order valence-corrected chi connectivity index (χ4v) is 3.26. The molecule has 0 bridgehead atoms. The Labute approximate surface area is 117 Å². The first-order valence-electron chi connectivity index (χ1n) is 7.93. The van der Waals surface area contributed by atoms with Crippen molar-refractivity contribution in [1.82, 2.24) is 15.1 Å². The first-order chi connectivity index (χ1) is 9.33. The van der Waals surface area contributed by atoms with Crippen molar-refractivity contribution < 1.29 is 0 Å². The molecule has 0 aliphatic carbocycles. The third-order valence-corrected chi connectivity index (χ3v) is 4.44. The minimum absolute atomic E-state index is 0.0331. The third-order valence-electron chi connectivity index (χ3n) is 4.44. The number of nitriles is 1. The summed E-state index contributed by atoms with van der Waals surface area (Å²) in [5, 5.41) is 12.4. The number of likely N-dealkylation sites (tertiary alicyclic amines) is 2. The van der Waals surface area contributed by atoms with Crippen molar-refractivity contribution in [2.75, 3.05) is 39.3 Å². The summed E-state index contributed by atoms with van der Waals surface area (Å²) in [6.45, 7) is 9.20. The maximum absolute atomic E-state index is 9.11. The summed E-state index contributed by atoms with van der Waals surface area (Å²) < 4.78 is 0. The molecule has 2 fully saturated rings. The monoisotopic (exact) mass is 264 g/mol. The molecule has 0 saturated carbocycles. The molecule has 108 valence electrons. The van der Waals surface area contributed by atoms with Crippen molar-refractivity contribution >= 4 is 0 Å². The summed E-state index contributed by atoms with van der Waals surface area (Å²) in [5.74, 6) is 0. The van der Waals surface area contributed by atoms with Gasteiger partial charge in [-0.3, -0.25) is 4.90 Å². The van der Waals surface area contributed by atoms with Crippen LogP contribution in [0.2, 0.25) is 0 Å². The van der Waals surface area contributed by atoms with Crippen LogP contribution in [0.4, 0.5) is 0 Å². The molecule has 4 heteroatoms. The quantitative estimate of drug-likeness (QED) is 0.755. The molecule has 0 amide bonds. The van der Waals surface area contributed by atoms with E-state index in [-0.39, 0.29) is 6.04 Å². The molecule has 2 aliphatic rings. The van der Waals surface area contributed by atoms with Crippen LogP contribution in [-0.4, -0.2) is 61.2 Å². The first-order valence-corrected chi connectivity index (χ1v) is 7.93. The summed E-state index contributed by atoms with van der Waals surface area (Å²) in [4.78, 5) is 5.21. The van der Waals surface area contributed by atoms with E-state index in [4.69, 9.17) is 5.26 Å². The average molecular weight is 264 g/mol. The van der Waals surface area contributed by atoms with E-state index < -0.39 is 0 Å². The molecule has 2 aliphatic heterocycles. The van der Waals surface area contributed by atoms with E-state index in [1.54, 1.807) is 0 Å². The Bertz CT molecular complexity index is 293. The van der Waals surface area contributed by atoms with E-state index in [0.29, 0.717) is 0 Å². The maximum atomic E-state index is 9.11. The van der Waals surface area contributed by atoms with Crippen molar-refractivity contribution in [3.8, 4) is 6.07 Å². The van der Waals surface area contributed by atoms with Crippen LogP contribution in [0.3, 0.4) is 0 Å². The SMILES string of the molecule is CCCNC(C#N)CCN1CCC(N2CCCC2)C1. The van der Waals surface area contributed by atoms with Crippen molar-refractivity contribution in [2.24, 2.45) is 0 Å². The summed E-state index contributed by atoms with van der Waals surface area (Å²) in [6, 6.07) is 3.20. The minimum Gasteiger partial charge on any atom is -0.302 e. The van der Waals surface area contributed by atoms with Gasteiger partial charge in [-0.05, 0) is 58.3 Å². The standard InChI is InChI=1S/C15H28N4/c1-2-7-17-14(12-16)5-10-18-11-6-15(13-18)19-8-3-4-9-19/h14-15,17H,2-11,13H2,1H3. The summed E-state index contributed by atoms with van der Waals surface area (Å²) in [6.07, 6.45) is 6.14. The van der Waals surface area contributed by atoms with Crippen LogP contribution in [0.25, 0.3) is 0 Å². The number of hydrogen-bond donors (Lipinski definition) is 1. The normalized spacial score (nSPS) is 26.6. The fourth-order valence-electron chi connectivity index (χ4n) is 3.26. The Morgan fingerprint density at radius 2 is 2.11 bits per heavy atom. The van der Waals surface area contributed by atoms with Gasteiger partial charge < -0.3 is 10.2 Å². The lowest BCUT2D eigenvalue weighted by Gasteiger charge is -2.24. The van der Waals surface area contributed by atoms with Gasteiger partial charge in [0, 0.05) is 19.1 Å². The smallest absolute Gasteiger partial charge is 0.0965 e. The minimum atomic E-state index is 0.0331. The molecule has 19 heavy (non-hydrogen) atoms. The van der Waals surface area contributed by atoms with Crippen molar-refractivity contribution in [1.29, 1.82) is 5.26 Å². The third kappa shape index (κ3) is 4.45. The van der Waals surface area contributed by atoms with E-state index in [9.17, 15) is 0 Å². The highest BCUT2D eigenvalue weighted by atomic mass is 15.3. The van der Waals surface area contributed by atoms with Gasteiger partial charge in [0.1, 0.15) is 0 Å². The highest BCUT2D eigenvalue weighted by molar-refractivity contribution is 4.92. The molecular formula is C15H28N4. The molecule has 0 aromatic carbocycles. The van der Waals surface area contributed by atoms with Gasteiger partial charge in [-0.25, -0.2) is 0 Å². The molecule has 2 rings (SSSR count). The van der Waals surface area contributed by atoms with Gasteiger partial charge >= 0.3 is 0 Å². The van der Waals surface area contributed by atoms with E-state index in [0.717, 1.165) is 32.0 Å². The Kier molecular flexibility index (Phi) is 6.09. The predicted octanol–water partition coefficient (Wildman–Crippen LogP) is 1.44. The average Bonchev–Trinajstić information content (AvgIpc) is 3.09. The van der Waals surface area contributed by atoms with Crippen molar-refractivity contribution in [2.45, 2.75) is 51.1 Å². The van der Waals surface area contributed by atoms with Gasteiger partial charge in [-0.2, -0.15) is 5.26 Å². The van der Waals surface area contributed by atoms with Crippen LogP contribution in [0.1, 0.15) is 39.0 Å². The number of hydrogen-bond acceptors (Lipinski definition) is 4. The van der Waals surface area contributed by atoms with E-state index in [1.165, 1.54) is 45.4 Å². The molecule has 2 unspecified atom stereocenters. The lowest BCUT2D eigenvalue weighted by atomic mass is 10.2. The van der Waals surface area contributed by atoms with Crippen LogP contribution < -0.4 is 5.32 Å². The Morgan fingerprint density at radius 3 is 2.79 bits per heavy atom. The van der Waals surface area contributed by atoms with Crippen molar-refractivity contribution in [3.63, 3.8) is 0 Å². The molecule has 0 aromatic heterocycles. The van der Waals surface area contributed by atoms with Crippen LogP contribution in [-0.2, 0) is 0 Å². The Morgan fingerprint density at radius 1 is 1.32 bits per heavy atom. The molecule has 0 aromatic rings. The van der Waals surface area contributed by atoms with E-state index >= 15 is 0 Å². The molecule has 2 atom stereocenters. The molecular weight excluding hydrogens is 236 g/mol.